The molecule has 1 aliphatic carbocycles. The minimum atomic E-state index is -5.25. The smallest absolute Gasteiger partial charge is 0.399 e. The number of benzene rings is 3. The van der Waals surface area contributed by atoms with E-state index in [0.717, 1.165) is 36.8 Å². The van der Waals surface area contributed by atoms with E-state index in [0.29, 0.717) is 29.7 Å². The molecule has 1 nitrogen and oxygen atoms in total. The van der Waals surface area contributed by atoms with Crippen LogP contribution in [0.5, 0.6) is 5.75 Å². The van der Waals surface area contributed by atoms with E-state index in [1.165, 1.54) is 18.1 Å². The van der Waals surface area contributed by atoms with Crippen LogP contribution in [0.2, 0.25) is 0 Å². The minimum Gasteiger partial charge on any atom is -0.399 e. The Morgan fingerprint density at radius 2 is 1.48 bits per heavy atom. The first-order chi connectivity index (χ1) is 15.7. The molecule has 0 aliphatic heterocycles. The van der Waals surface area contributed by atoms with Gasteiger partial charge in [0.25, 0.3) is 0 Å². The van der Waals surface area contributed by atoms with Crippen LogP contribution in [-0.2, 0) is 12.8 Å². The third kappa shape index (κ3) is 4.87. The monoisotopic (exact) mass is 464 g/mol. The summed E-state index contributed by atoms with van der Waals surface area (Å²) in [4.78, 5) is 0. The summed E-state index contributed by atoms with van der Waals surface area (Å²) < 4.78 is 84.3. The molecule has 7 heteroatoms. The van der Waals surface area contributed by atoms with E-state index in [4.69, 9.17) is 0 Å². The molecule has 0 unspecified atom stereocenters. The average Bonchev–Trinajstić information content (AvgIpc) is 3.12. The summed E-state index contributed by atoms with van der Waals surface area (Å²) in [6.07, 6.45) is 0.634. The van der Waals surface area contributed by atoms with Crippen molar-refractivity contribution in [2.75, 3.05) is 0 Å². The summed E-state index contributed by atoms with van der Waals surface area (Å²) in [5.41, 5.74) is 3.91. The van der Waals surface area contributed by atoms with Crippen molar-refractivity contribution in [3.8, 4) is 28.0 Å². The van der Waals surface area contributed by atoms with Gasteiger partial charge in [0, 0.05) is 17.5 Å². The van der Waals surface area contributed by atoms with Gasteiger partial charge in [0.1, 0.15) is 5.82 Å². The van der Waals surface area contributed by atoms with E-state index in [-0.39, 0.29) is 11.1 Å². The second kappa shape index (κ2) is 9.12. The highest BCUT2D eigenvalue weighted by molar-refractivity contribution is 5.81. The van der Waals surface area contributed by atoms with Crippen molar-refractivity contribution >= 4 is 0 Å². The van der Waals surface area contributed by atoms with Crippen LogP contribution in [0.25, 0.3) is 22.3 Å². The molecule has 0 N–H and O–H groups in total. The molecule has 0 bridgehead atoms. The van der Waals surface area contributed by atoms with Crippen molar-refractivity contribution in [2.45, 2.75) is 51.8 Å². The zero-order valence-corrected chi connectivity index (χ0v) is 18.0. The topological polar surface area (TPSA) is 9.23 Å². The molecule has 0 atom stereocenters. The fourth-order valence-corrected chi connectivity index (χ4v) is 4.36. The normalized spacial score (nSPS) is 12.6. The largest absolute Gasteiger partial charge is 0.573 e. The van der Waals surface area contributed by atoms with Gasteiger partial charge < -0.3 is 4.74 Å². The number of alkyl halides is 3. The SMILES string of the molecule is CCCCCCc1ccc2c(c1)Cc1c-2ccc(-c2cc(F)c(OC(F)(F)F)c(F)c2)c1F. The lowest BCUT2D eigenvalue weighted by atomic mass is 9.97. The molecule has 0 amide bonds. The minimum absolute atomic E-state index is 0.0855. The van der Waals surface area contributed by atoms with E-state index >= 15 is 4.39 Å². The number of aryl methyl sites for hydroxylation is 1. The lowest BCUT2D eigenvalue weighted by molar-refractivity contribution is -0.276. The first-order valence-corrected chi connectivity index (χ1v) is 10.9. The van der Waals surface area contributed by atoms with Crippen LogP contribution in [0, 0.1) is 17.5 Å². The molecule has 0 spiro atoms. The lowest BCUT2D eigenvalue weighted by Gasteiger charge is -2.13. The Balaban J connectivity index is 1.62. The third-order valence-corrected chi connectivity index (χ3v) is 5.92. The van der Waals surface area contributed by atoms with Crippen LogP contribution < -0.4 is 4.74 Å². The van der Waals surface area contributed by atoms with Gasteiger partial charge in [0.15, 0.2) is 11.6 Å². The van der Waals surface area contributed by atoms with E-state index in [9.17, 15) is 22.0 Å². The summed E-state index contributed by atoms with van der Waals surface area (Å²) >= 11 is 0. The van der Waals surface area contributed by atoms with Crippen LogP contribution in [0.3, 0.4) is 0 Å². The molecule has 3 aromatic carbocycles. The zero-order valence-electron chi connectivity index (χ0n) is 18.0. The Bertz CT molecular complexity index is 1160. The summed E-state index contributed by atoms with van der Waals surface area (Å²) in [7, 11) is 0. The van der Waals surface area contributed by atoms with E-state index in [2.05, 4.69) is 17.7 Å². The standard InChI is InChI=1S/C26H22F6O/c1-2-3-4-5-6-15-7-8-18-16(11-15)12-21-20(18)10-9-19(24(21)29)17-13-22(27)25(23(28)14-17)33-26(30,31)32/h7-11,13-14H,2-6,12H2,1H3. The highest BCUT2D eigenvalue weighted by Crippen LogP contribution is 2.42. The van der Waals surface area contributed by atoms with Crippen LogP contribution in [0.4, 0.5) is 26.3 Å². The van der Waals surface area contributed by atoms with Crippen molar-refractivity contribution in [1.82, 2.24) is 0 Å². The number of hydrogen-bond acceptors (Lipinski definition) is 1. The first-order valence-electron chi connectivity index (χ1n) is 10.9. The van der Waals surface area contributed by atoms with E-state index < -0.39 is 29.6 Å². The van der Waals surface area contributed by atoms with Gasteiger partial charge in [0.2, 0.25) is 5.75 Å². The second-order valence-electron chi connectivity index (χ2n) is 8.25. The zero-order chi connectivity index (χ0) is 23.8. The Morgan fingerprint density at radius 3 is 2.15 bits per heavy atom. The molecular formula is C26H22F6O. The predicted molar refractivity (Wildman–Crippen MR) is 115 cm³/mol. The first kappa shape index (κ1) is 23.2. The molecule has 0 saturated heterocycles. The maximum atomic E-state index is 15.4. The average molecular weight is 464 g/mol. The Labute approximate surface area is 188 Å². The number of unbranched alkanes of at least 4 members (excludes halogenated alkanes) is 3. The number of halogens is 6. The van der Waals surface area contributed by atoms with Crippen molar-refractivity contribution in [3.05, 3.63) is 76.6 Å². The maximum Gasteiger partial charge on any atom is 0.573 e. The van der Waals surface area contributed by atoms with Gasteiger partial charge in [-0.2, -0.15) is 0 Å². The molecule has 0 saturated carbocycles. The molecule has 0 aromatic heterocycles. The summed E-state index contributed by atoms with van der Waals surface area (Å²) in [5, 5.41) is 0. The van der Waals surface area contributed by atoms with Gasteiger partial charge in [-0.15, -0.1) is 13.2 Å². The quantitative estimate of drug-likeness (QED) is 0.197. The van der Waals surface area contributed by atoms with Gasteiger partial charge in [0.05, 0.1) is 0 Å². The van der Waals surface area contributed by atoms with E-state index in [1.807, 2.05) is 12.1 Å². The van der Waals surface area contributed by atoms with Crippen molar-refractivity contribution < 1.29 is 31.1 Å². The van der Waals surface area contributed by atoms with Crippen LogP contribution >= 0.6 is 0 Å². The molecule has 0 fully saturated rings. The number of rotatable bonds is 7. The Morgan fingerprint density at radius 1 is 0.818 bits per heavy atom. The molecule has 4 rings (SSSR count). The molecule has 174 valence electrons. The van der Waals surface area contributed by atoms with Gasteiger partial charge in [-0.25, -0.2) is 13.2 Å². The summed E-state index contributed by atoms with van der Waals surface area (Å²) in [5.74, 6) is -5.32. The van der Waals surface area contributed by atoms with Crippen LogP contribution in [0.1, 0.15) is 49.3 Å². The summed E-state index contributed by atoms with van der Waals surface area (Å²) in [6, 6.07) is 10.4. The van der Waals surface area contributed by atoms with Crippen LogP contribution in [0.15, 0.2) is 42.5 Å². The lowest BCUT2D eigenvalue weighted by Crippen LogP contribution is -2.19. The number of hydrogen-bond donors (Lipinski definition) is 0. The van der Waals surface area contributed by atoms with Gasteiger partial charge in [-0.05, 0) is 52.8 Å². The van der Waals surface area contributed by atoms with Gasteiger partial charge in [-0.3, -0.25) is 0 Å². The molecule has 1 aliphatic rings. The third-order valence-electron chi connectivity index (χ3n) is 5.92. The predicted octanol–water partition coefficient (Wildman–Crippen LogP) is 8.36. The summed E-state index contributed by atoms with van der Waals surface area (Å²) in [6.45, 7) is 2.16. The van der Waals surface area contributed by atoms with Crippen LogP contribution in [-0.4, -0.2) is 6.36 Å². The second-order valence-corrected chi connectivity index (χ2v) is 8.25. The highest BCUT2D eigenvalue weighted by Gasteiger charge is 2.34. The highest BCUT2D eigenvalue weighted by atomic mass is 19.4. The van der Waals surface area contributed by atoms with E-state index in [1.54, 1.807) is 6.07 Å². The Kier molecular flexibility index (Phi) is 6.41. The molecule has 0 radical (unpaired) electrons. The van der Waals surface area contributed by atoms with Crippen molar-refractivity contribution in [2.24, 2.45) is 0 Å². The van der Waals surface area contributed by atoms with Gasteiger partial charge >= 0.3 is 6.36 Å². The molecular weight excluding hydrogens is 442 g/mol. The van der Waals surface area contributed by atoms with Crippen molar-refractivity contribution in [1.29, 1.82) is 0 Å². The molecule has 3 aromatic rings. The fraction of sp³-hybridized carbons (Fsp3) is 0.308. The van der Waals surface area contributed by atoms with Crippen molar-refractivity contribution in [3.63, 3.8) is 0 Å². The number of fused-ring (bicyclic) bond motifs is 3. The van der Waals surface area contributed by atoms with Gasteiger partial charge in [-0.1, -0.05) is 56.5 Å². The fourth-order valence-electron chi connectivity index (χ4n) is 4.36. The Hall–Kier alpha value is -2.96. The maximum absolute atomic E-state index is 15.4. The molecule has 0 heterocycles. The number of ether oxygens (including phenoxy) is 1. The molecule has 33 heavy (non-hydrogen) atoms.